The molecular formula is C18H26O5. The number of benzene rings is 1. The number of aryl methyl sites for hydroxylation is 1. The van der Waals surface area contributed by atoms with Crippen LogP contribution in [0.15, 0.2) is 12.1 Å². The Morgan fingerprint density at radius 2 is 2.22 bits per heavy atom. The van der Waals surface area contributed by atoms with Crippen LogP contribution in [0.4, 0.5) is 0 Å². The molecule has 128 valence electrons. The second-order valence-corrected chi connectivity index (χ2v) is 5.60. The number of hydrogen-bond donors (Lipinski definition) is 1. The van der Waals surface area contributed by atoms with Crippen molar-refractivity contribution in [3.8, 4) is 11.5 Å². The van der Waals surface area contributed by atoms with Gasteiger partial charge in [-0.3, -0.25) is 0 Å². The van der Waals surface area contributed by atoms with E-state index in [0.29, 0.717) is 26.1 Å². The Balaban J connectivity index is 2.23. The third-order valence-corrected chi connectivity index (χ3v) is 3.84. The van der Waals surface area contributed by atoms with Crippen molar-refractivity contribution >= 4 is 5.97 Å². The molecule has 0 aliphatic carbocycles. The van der Waals surface area contributed by atoms with Gasteiger partial charge in [-0.25, -0.2) is 4.79 Å². The van der Waals surface area contributed by atoms with E-state index in [2.05, 4.69) is 6.92 Å². The van der Waals surface area contributed by atoms with Crippen LogP contribution in [0.2, 0.25) is 0 Å². The predicted octanol–water partition coefficient (Wildman–Crippen LogP) is 2.66. The summed E-state index contributed by atoms with van der Waals surface area (Å²) in [4.78, 5) is 12.0. The van der Waals surface area contributed by atoms with Gasteiger partial charge in [0.15, 0.2) is 6.10 Å². The number of hydrogen-bond acceptors (Lipinski definition) is 5. The number of carbonyl (C=O) groups is 1. The summed E-state index contributed by atoms with van der Waals surface area (Å²) in [6.45, 7) is 4.83. The lowest BCUT2D eigenvalue weighted by Crippen LogP contribution is -2.33. The summed E-state index contributed by atoms with van der Waals surface area (Å²) < 4.78 is 16.8. The molecule has 5 nitrogen and oxygen atoms in total. The lowest BCUT2D eigenvalue weighted by atomic mass is 9.96. The molecule has 1 aliphatic heterocycles. The molecular weight excluding hydrogens is 296 g/mol. The third-order valence-electron chi connectivity index (χ3n) is 3.84. The van der Waals surface area contributed by atoms with Gasteiger partial charge in [-0.2, -0.15) is 0 Å². The fourth-order valence-electron chi connectivity index (χ4n) is 2.76. The van der Waals surface area contributed by atoms with Gasteiger partial charge >= 0.3 is 5.97 Å². The van der Waals surface area contributed by atoms with Gasteiger partial charge in [0.05, 0.1) is 13.2 Å². The second kappa shape index (κ2) is 8.77. The molecule has 1 atom stereocenters. The van der Waals surface area contributed by atoms with E-state index in [4.69, 9.17) is 19.3 Å². The number of rotatable bonds is 8. The van der Waals surface area contributed by atoms with Crippen molar-refractivity contribution in [2.75, 3.05) is 19.8 Å². The van der Waals surface area contributed by atoms with Crippen LogP contribution in [-0.2, 0) is 22.4 Å². The fourth-order valence-corrected chi connectivity index (χ4v) is 2.76. The molecule has 0 aromatic heterocycles. The SMILES string of the molecule is CCCc1c(OCCCO)ccc2c1OC(C(=O)OCC)CC2. The van der Waals surface area contributed by atoms with Gasteiger partial charge in [0, 0.05) is 18.6 Å². The van der Waals surface area contributed by atoms with Crippen LogP contribution in [0.1, 0.15) is 44.2 Å². The number of aliphatic hydroxyl groups is 1. The lowest BCUT2D eigenvalue weighted by Gasteiger charge is -2.27. The zero-order chi connectivity index (χ0) is 16.7. The van der Waals surface area contributed by atoms with E-state index in [0.717, 1.165) is 41.9 Å². The summed E-state index contributed by atoms with van der Waals surface area (Å²) in [5.41, 5.74) is 2.13. The van der Waals surface area contributed by atoms with E-state index in [1.807, 2.05) is 12.1 Å². The summed E-state index contributed by atoms with van der Waals surface area (Å²) in [6.07, 6.45) is 3.28. The van der Waals surface area contributed by atoms with Crippen LogP contribution in [0, 0.1) is 0 Å². The molecule has 1 aromatic carbocycles. The van der Waals surface area contributed by atoms with Crippen LogP contribution in [0.3, 0.4) is 0 Å². The molecule has 1 N–H and O–H groups in total. The van der Waals surface area contributed by atoms with Gasteiger partial charge in [-0.05, 0) is 37.8 Å². The molecule has 23 heavy (non-hydrogen) atoms. The minimum absolute atomic E-state index is 0.107. The lowest BCUT2D eigenvalue weighted by molar-refractivity contribution is -0.152. The Bertz CT molecular complexity index is 526. The number of ether oxygens (including phenoxy) is 3. The first-order valence-corrected chi connectivity index (χ1v) is 8.42. The second-order valence-electron chi connectivity index (χ2n) is 5.60. The maximum atomic E-state index is 12.0. The van der Waals surface area contributed by atoms with E-state index in [-0.39, 0.29) is 12.6 Å². The van der Waals surface area contributed by atoms with E-state index in [9.17, 15) is 4.79 Å². The van der Waals surface area contributed by atoms with E-state index in [1.54, 1.807) is 6.92 Å². The Hall–Kier alpha value is -1.75. The van der Waals surface area contributed by atoms with Crippen LogP contribution in [-0.4, -0.2) is 37.0 Å². The Labute approximate surface area is 137 Å². The van der Waals surface area contributed by atoms with Gasteiger partial charge in [0.25, 0.3) is 0 Å². The standard InChI is InChI=1S/C18H26O5/c1-3-6-14-15(22-12-5-11-19)9-7-13-8-10-16(23-17(13)14)18(20)21-4-2/h7,9,16,19H,3-6,8,10-12H2,1-2H3. The third kappa shape index (κ3) is 4.38. The maximum Gasteiger partial charge on any atom is 0.347 e. The molecule has 0 spiro atoms. The molecule has 0 bridgehead atoms. The van der Waals surface area contributed by atoms with Gasteiger partial charge < -0.3 is 19.3 Å². The largest absolute Gasteiger partial charge is 0.493 e. The average Bonchev–Trinajstić information content (AvgIpc) is 2.56. The zero-order valence-corrected chi connectivity index (χ0v) is 14.0. The quantitative estimate of drug-likeness (QED) is 0.589. The molecule has 1 aromatic rings. The first kappa shape index (κ1) is 17.6. The number of fused-ring (bicyclic) bond motifs is 1. The highest BCUT2D eigenvalue weighted by atomic mass is 16.6. The van der Waals surface area contributed by atoms with E-state index < -0.39 is 6.10 Å². The highest BCUT2D eigenvalue weighted by molar-refractivity contribution is 5.76. The number of aliphatic hydroxyl groups excluding tert-OH is 1. The Morgan fingerprint density at radius 3 is 2.91 bits per heavy atom. The fraction of sp³-hybridized carbons (Fsp3) is 0.611. The smallest absolute Gasteiger partial charge is 0.347 e. The minimum Gasteiger partial charge on any atom is -0.493 e. The normalized spacial score (nSPS) is 16.4. The summed E-state index contributed by atoms with van der Waals surface area (Å²) >= 11 is 0. The molecule has 0 amide bonds. The Kier molecular flexibility index (Phi) is 6.71. The summed E-state index contributed by atoms with van der Waals surface area (Å²) in [5.74, 6) is 1.26. The van der Waals surface area contributed by atoms with Crippen LogP contribution >= 0.6 is 0 Å². The molecule has 0 saturated heterocycles. The molecule has 0 fully saturated rings. The average molecular weight is 322 g/mol. The van der Waals surface area contributed by atoms with E-state index >= 15 is 0 Å². The summed E-state index contributed by atoms with van der Waals surface area (Å²) in [7, 11) is 0. The molecule has 5 heteroatoms. The van der Waals surface area contributed by atoms with Gasteiger partial charge in [-0.15, -0.1) is 0 Å². The molecule has 2 rings (SSSR count). The van der Waals surface area contributed by atoms with Crippen molar-refractivity contribution in [1.82, 2.24) is 0 Å². The van der Waals surface area contributed by atoms with Crippen LogP contribution < -0.4 is 9.47 Å². The first-order chi connectivity index (χ1) is 11.2. The molecule has 1 heterocycles. The summed E-state index contributed by atoms with van der Waals surface area (Å²) in [6, 6.07) is 3.97. The molecule has 0 radical (unpaired) electrons. The summed E-state index contributed by atoms with van der Waals surface area (Å²) in [5, 5.41) is 8.90. The van der Waals surface area contributed by atoms with Gasteiger partial charge in [0.2, 0.25) is 0 Å². The molecule has 0 saturated carbocycles. The minimum atomic E-state index is -0.536. The Morgan fingerprint density at radius 1 is 1.39 bits per heavy atom. The first-order valence-electron chi connectivity index (χ1n) is 8.42. The van der Waals surface area contributed by atoms with Crippen molar-refractivity contribution in [2.45, 2.75) is 52.1 Å². The zero-order valence-electron chi connectivity index (χ0n) is 14.0. The van der Waals surface area contributed by atoms with Crippen molar-refractivity contribution in [1.29, 1.82) is 0 Å². The topological polar surface area (TPSA) is 65.0 Å². The van der Waals surface area contributed by atoms with Crippen molar-refractivity contribution in [3.05, 3.63) is 23.3 Å². The van der Waals surface area contributed by atoms with Gasteiger partial charge in [0.1, 0.15) is 11.5 Å². The van der Waals surface area contributed by atoms with E-state index in [1.165, 1.54) is 0 Å². The van der Waals surface area contributed by atoms with Gasteiger partial charge in [-0.1, -0.05) is 19.4 Å². The predicted molar refractivity (Wildman–Crippen MR) is 87.0 cm³/mol. The number of esters is 1. The molecule has 1 aliphatic rings. The van der Waals surface area contributed by atoms with Crippen molar-refractivity contribution in [3.63, 3.8) is 0 Å². The number of carbonyl (C=O) groups excluding carboxylic acids is 1. The van der Waals surface area contributed by atoms with Crippen LogP contribution in [0.25, 0.3) is 0 Å². The van der Waals surface area contributed by atoms with Crippen molar-refractivity contribution in [2.24, 2.45) is 0 Å². The van der Waals surface area contributed by atoms with Crippen molar-refractivity contribution < 1.29 is 24.1 Å². The highest BCUT2D eigenvalue weighted by Gasteiger charge is 2.29. The highest BCUT2D eigenvalue weighted by Crippen LogP contribution is 2.38. The maximum absolute atomic E-state index is 12.0. The van der Waals surface area contributed by atoms with Crippen LogP contribution in [0.5, 0.6) is 11.5 Å². The molecule has 1 unspecified atom stereocenters. The monoisotopic (exact) mass is 322 g/mol.